The summed E-state index contributed by atoms with van der Waals surface area (Å²) in [5, 5.41) is 2.57. The van der Waals surface area contributed by atoms with Crippen molar-refractivity contribution in [3.63, 3.8) is 0 Å². The van der Waals surface area contributed by atoms with Gasteiger partial charge in [-0.3, -0.25) is 4.79 Å². The van der Waals surface area contributed by atoms with E-state index in [9.17, 15) is 22.8 Å². The molecule has 0 atom stereocenters. The summed E-state index contributed by atoms with van der Waals surface area (Å²) in [7, 11) is 0.263. The maximum absolute atomic E-state index is 12.5. The molecule has 0 radical (unpaired) electrons. The first-order chi connectivity index (χ1) is 14.2. The third kappa shape index (κ3) is 5.65. The van der Waals surface area contributed by atoms with Crippen LogP contribution in [0.4, 0.5) is 5.69 Å². The van der Waals surface area contributed by atoms with E-state index in [1.807, 2.05) is 0 Å². The van der Waals surface area contributed by atoms with Gasteiger partial charge in [0.05, 0.1) is 42.6 Å². The molecule has 160 valence electrons. The maximum Gasteiger partial charge on any atom is 0.337 e. The van der Waals surface area contributed by atoms with Crippen molar-refractivity contribution < 1.29 is 37.0 Å². The minimum Gasteiger partial charge on any atom is -0.465 e. The third-order valence-corrected chi connectivity index (χ3v) is 5.76. The van der Waals surface area contributed by atoms with E-state index < -0.39 is 27.7 Å². The van der Waals surface area contributed by atoms with Crippen LogP contribution in [0.3, 0.4) is 0 Å². The number of methoxy groups -OCH3 is 3. The zero-order valence-corrected chi connectivity index (χ0v) is 17.4. The van der Waals surface area contributed by atoms with E-state index in [1.165, 1.54) is 63.8 Å². The molecule has 1 amide bonds. The van der Waals surface area contributed by atoms with Crippen molar-refractivity contribution in [2.75, 3.05) is 39.0 Å². The predicted molar refractivity (Wildman–Crippen MR) is 107 cm³/mol. The standard InChI is InChI=1S/C20H21NO8S/c1-27-8-9-30(25,26)17-6-4-13(5-7-17)18(22)21-16-11-14(19(23)28-2)10-15(12-16)20(24)29-3/h4-7,10-12H,8-9H2,1-3H3,(H,21,22). The van der Waals surface area contributed by atoms with Gasteiger partial charge in [-0.25, -0.2) is 18.0 Å². The predicted octanol–water partition coefficient (Wildman–Crippen LogP) is 1.93. The molecule has 0 bridgehead atoms. The van der Waals surface area contributed by atoms with E-state index in [0.29, 0.717) is 0 Å². The minimum absolute atomic E-state index is 0.0512. The SMILES string of the molecule is COCCS(=O)(=O)c1ccc(C(=O)Nc2cc(C(=O)OC)cc(C(=O)OC)c2)cc1. The van der Waals surface area contributed by atoms with Gasteiger partial charge >= 0.3 is 11.9 Å². The number of ether oxygens (including phenoxy) is 3. The average Bonchev–Trinajstić information content (AvgIpc) is 2.76. The zero-order valence-electron chi connectivity index (χ0n) is 16.6. The lowest BCUT2D eigenvalue weighted by Crippen LogP contribution is -2.15. The summed E-state index contributed by atoms with van der Waals surface area (Å²) in [6.07, 6.45) is 0. The van der Waals surface area contributed by atoms with Crippen LogP contribution in [-0.2, 0) is 24.0 Å². The van der Waals surface area contributed by atoms with Crippen molar-refractivity contribution in [3.05, 3.63) is 59.2 Å². The highest BCUT2D eigenvalue weighted by atomic mass is 32.2. The van der Waals surface area contributed by atoms with Gasteiger partial charge in [-0.2, -0.15) is 0 Å². The van der Waals surface area contributed by atoms with Gasteiger partial charge in [0.2, 0.25) is 0 Å². The Labute approximate surface area is 173 Å². The number of hydrogen-bond acceptors (Lipinski definition) is 8. The lowest BCUT2D eigenvalue weighted by Gasteiger charge is -2.10. The van der Waals surface area contributed by atoms with Crippen molar-refractivity contribution in [1.29, 1.82) is 0 Å². The van der Waals surface area contributed by atoms with Crippen LogP contribution in [0.5, 0.6) is 0 Å². The van der Waals surface area contributed by atoms with Crippen LogP contribution in [-0.4, -0.2) is 60.0 Å². The number of sulfone groups is 1. The second-order valence-electron chi connectivity index (χ2n) is 6.07. The molecule has 2 aromatic carbocycles. The first-order valence-corrected chi connectivity index (χ1v) is 10.3. The van der Waals surface area contributed by atoms with Crippen molar-refractivity contribution in [1.82, 2.24) is 0 Å². The van der Waals surface area contributed by atoms with Crippen LogP contribution in [0.15, 0.2) is 47.4 Å². The van der Waals surface area contributed by atoms with Gasteiger partial charge in [-0.1, -0.05) is 0 Å². The molecule has 0 spiro atoms. The topological polar surface area (TPSA) is 125 Å². The number of rotatable bonds is 8. The van der Waals surface area contributed by atoms with Crippen LogP contribution in [0.1, 0.15) is 31.1 Å². The molecule has 10 heteroatoms. The molecular weight excluding hydrogens is 414 g/mol. The lowest BCUT2D eigenvalue weighted by atomic mass is 10.1. The highest BCUT2D eigenvalue weighted by Crippen LogP contribution is 2.19. The summed E-state index contributed by atoms with van der Waals surface area (Å²) in [5.41, 5.74) is 0.453. The van der Waals surface area contributed by atoms with Crippen LogP contribution in [0.2, 0.25) is 0 Å². The Morgan fingerprint density at radius 3 is 1.83 bits per heavy atom. The van der Waals surface area contributed by atoms with Gasteiger partial charge < -0.3 is 19.5 Å². The Morgan fingerprint density at radius 2 is 1.37 bits per heavy atom. The van der Waals surface area contributed by atoms with Crippen LogP contribution in [0, 0.1) is 0 Å². The lowest BCUT2D eigenvalue weighted by molar-refractivity contribution is 0.0598. The second kappa shape index (κ2) is 9.99. The Morgan fingerprint density at radius 1 is 0.833 bits per heavy atom. The maximum atomic E-state index is 12.5. The third-order valence-electron chi connectivity index (χ3n) is 4.06. The highest BCUT2D eigenvalue weighted by Gasteiger charge is 2.17. The Hall–Kier alpha value is -3.24. The van der Waals surface area contributed by atoms with E-state index in [4.69, 9.17) is 4.74 Å². The summed E-state index contributed by atoms with van der Waals surface area (Å²) in [6, 6.07) is 9.35. The number of anilines is 1. The largest absolute Gasteiger partial charge is 0.465 e. The van der Waals surface area contributed by atoms with Gasteiger partial charge in [0, 0.05) is 18.4 Å². The van der Waals surface area contributed by atoms with Gasteiger partial charge in [0.1, 0.15) is 0 Å². The number of benzene rings is 2. The fourth-order valence-corrected chi connectivity index (χ4v) is 3.67. The van der Waals surface area contributed by atoms with Crippen molar-refractivity contribution in [3.8, 4) is 0 Å². The molecule has 0 aromatic heterocycles. The quantitative estimate of drug-likeness (QED) is 0.624. The zero-order chi connectivity index (χ0) is 22.3. The van der Waals surface area contributed by atoms with Crippen LogP contribution < -0.4 is 5.32 Å². The number of nitrogens with one attached hydrogen (secondary N) is 1. The van der Waals surface area contributed by atoms with Crippen LogP contribution >= 0.6 is 0 Å². The molecule has 2 rings (SSSR count). The van der Waals surface area contributed by atoms with Crippen molar-refractivity contribution >= 4 is 33.4 Å². The number of carbonyl (C=O) groups excluding carboxylic acids is 3. The molecule has 2 aromatic rings. The smallest absolute Gasteiger partial charge is 0.337 e. The van der Waals surface area contributed by atoms with E-state index >= 15 is 0 Å². The fourth-order valence-electron chi connectivity index (χ4n) is 2.50. The Bertz CT molecular complexity index is 1010. The Balaban J connectivity index is 2.26. The molecule has 0 heterocycles. The first kappa shape index (κ1) is 23.0. The summed E-state index contributed by atoms with van der Waals surface area (Å²) in [6.45, 7) is 0.0592. The molecule has 0 aliphatic heterocycles. The molecule has 0 aliphatic rings. The summed E-state index contributed by atoms with van der Waals surface area (Å²) in [4.78, 5) is 36.3. The van der Waals surface area contributed by atoms with Crippen molar-refractivity contribution in [2.24, 2.45) is 0 Å². The van der Waals surface area contributed by atoms with Gasteiger partial charge in [-0.05, 0) is 42.5 Å². The van der Waals surface area contributed by atoms with Crippen LogP contribution in [0.25, 0.3) is 0 Å². The van der Waals surface area contributed by atoms with E-state index in [0.717, 1.165) is 0 Å². The fraction of sp³-hybridized carbons (Fsp3) is 0.250. The summed E-state index contributed by atoms with van der Waals surface area (Å²) in [5.74, 6) is -2.12. The number of amides is 1. The number of esters is 2. The van der Waals surface area contributed by atoms with Gasteiger partial charge in [0.15, 0.2) is 9.84 Å². The van der Waals surface area contributed by atoms with Gasteiger partial charge in [-0.15, -0.1) is 0 Å². The van der Waals surface area contributed by atoms with E-state index in [-0.39, 0.29) is 39.6 Å². The minimum atomic E-state index is -3.52. The molecule has 0 saturated heterocycles. The normalized spacial score (nSPS) is 10.9. The highest BCUT2D eigenvalue weighted by molar-refractivity contribution is 7.91. The van der Waals surface area contributed by atoms with Crippen molar-refractivity contribution in [2.45, 2.75) is 4.90 Å². The molecule has 0 fully saturated rings. The summed E-state index contributed by atoms with van der Waals surface area (Å²) >= 11 is 0. The molecule has 9 nitrogen and oxygen atoms in total. The summed E-state index contributed by atoms with van der Waals surface area (Å²) < 4.78 is 38.4. The monoisotopic (exact) mass is 435 g/mol. The molecular formula is C20H21NO8S. The average molecular weight is 435 g/mol. The molecule has 30 heavy (non-hydrogen) atoms. The Kier molecular flexibility index (Phi) is 7.67. The molecule has 1 N–H and O–H groups in total. The number of hydrogen-bond donors (Lipinski definition) is 1. The molecule has 0 aliphatic carbocycles. The molecule has 0 saturated carbocycles. The first-order valence-electron chi connectivity index (χ1n) is 8.66. The second-order valence-corrected chi connectivity index (χ2v) is 8.18. The van der Waals surface area contributed by atoms with E-state index in [1.54, 1.807) is 0 Å². The van der Waals surface area contributed by atoms with Gasteiger partial charge in [0.25, 0.3) is 5.91 Å². The number of carbonyl (C=O) groups is 3. The molecule has 0 unspecified atom stereocenters. The van der Waals surface area contributed by atoms with E-state index in [2.05, 4.69) is 14.8 Å².